The molecular formula is C21H22F2N2O3. The standard InChI is InChI=1S/C21H22F2N2O3/c1-28-20(27)25-12-10-16(11-13-25)21(19(24)26,14-2-6-17(22)7-3-14)15-4-8-18(23)9-5-15/h2-9,16H,10-13H2,1H3,(H2,24,26). The molecule has 3 rings (SSSR count). The summed E-state index contributed by atoms with van der Waals surface area (Å²) in [6.07, 6.45) is 0.561. The smallest absolute Gasteiger partial charge is 0.409 e. The van der Waals surface area contributed by atoms with Gasteiger partial charge < -0.3 is 15.4 Å². The van der Waals surface area contributed by atoms with Gasteiger partial charge in [0.2, 0.25) is 5.91 Å². The van der Waals surface area contributed by atoms with E-state index in [4.69, 9.17) is 10.5 Å². The first-order valence-corrected chi connectivity index (χ1v) is 9.04. The fourth-order valence-electron chi connectivity index (χ4n) is 4.17. The second-order valence-electron chi connectivity index (χ2n) is 6.92. The number of ether oxygens (including phenoxy) is 1. The number of hydrogen-bond donors (Lipinski definition) is 1. The van der Waals surface area contributed by atoms with Gasteiger partial charge in [0.05, 0.1) is 7.11 Å². The lowest BCUT2D eigenvalue weighted by atomic mass is 9.62. The summed E-state index contributed by atoms with van der Waals surface area (Å²) in [6, 6.07) is 11.3. The molecule has 2 aromatic rings. The first-order chi connectivity index (χ1) is 13.4. The topological polar surface area (TPSA) is 72.6 Å². The normalized spacial score (nSPS) is 15.3. The monoisotopic (exact) mass is 388 g/mol. The van der Waals surface area contributed by atoms with Gasteiger partial charge in [-0.1, -0.05) is 24.3 Å². The Morgan fingerprint density at radius 2 is 1.39 bits per heavy atom. The summed E-state index contributed by atoms with van der Waals surface area (Å²) in [5.41, 5.74) is 5.76. The van der Waals surface area contributed by atoms with Crippen LogP contribution in [-0.2, 0) is 14.9 Å². The van der Waals surface area contributed by atoms with Crippen LogP contribution in [0, 0.1) is 17.6 Å². The highest BCUT2D eigenvalue weighted by molar-refractivity contribution is 5.91. The van der Waals surface area contributed by atoms with Gasteiger partial charge >= 0.3 is 6.09 Å². The van der Waals surface area contributed by atoms with Gasteiger partial charge in [-0.05, 0) is 54.2 Å². The molecule has 0 aromatic heterocycles. The van der Waals surface area contributed by atoms with Gasteiger partial charge in [-0.3, -0.25) is 4.79 Å². The number of hydrogen-bond acceptors (Lipinski definition) is 3. The zero-order valence-corrected chi connectivity index (χ0v) is 15.5. The molecule has 7 heteroatoms. The van der Waals surface area contributed by atoms with Crippen molar-refractivity contribution in [1.82, 2.24) is 4.90 Å². The average molecular weight is 388 g/mol. The van der Waals surface area contributed by atoms with Crippen molar-refractivity contribution in [2.24, 2.45) is 11.7 Å². The third kappa shape index (κ3) is 3.44. The molecule has 0 aliphatic carbocycles. The van der Waals surface area contributed by atoms with Crippen molar-refractivity contribution in [3.05, 3.63) is 71.3 Å². The molecule has 2 N–H and O–H groups in total. The SMILES string of the molecule is COC(=O)N1CCC(C(C(N)=O)(c2ccc(F)cc2)c2ccc(F)cc2)CC1. The number of piperidine rings is 1. The minimum atomic E-state index is -1.26. The summed E-state index contributed by atoms with van der Waals surface area (Å²) < 4.78 is 31.8. The van der Waals surface area contributed by atoms with Crippen LogP contribution in [0.1, 0.15) is 24.0 Å². The Balaban J connectivity index is 2.08. The largest absolute Gasteiger partial charge is 0.453 e. The number of methoxy groups -OCH3 is 1. The minimum absolute atomic E-state index is 0.248. The minimum Gasteiger partial charge on any atom is -0.453 e. The summed E-state index contributed by atoms with van der Waals surface area (Å²) in [6.45, 7) is 0.795. The van der Waals surface area contributed by atoms with E-state index < -0.39 is 29.0 Å². The lowest BCUT2D eigenvalue weighted by Gasteiger charge is -2.43. The Kier molecular flexibility index (Phi) is 5.63. The maximum Gasteiger partial charge on any atom is 0.409 e. The number of carbonyl (C=O) groups excluding carboxylic acids is 2. The van der Waals surface area contributed by atoms with E-state index >= 15 is 0 Å². The molecule has 1 heterocycles. The van der Waals surface area contributed by atoms with Crippen LogP contribution < -0.4 is 5.73 Å². The predicted octanol–water partition coefficient (Wildman–Crippen LogP) is 3.21. The van der Waals surface area contributed by atoms with Gasteiger partial charge in [0.1, 0.15) is 17.0 Å². The van der Waals surface area contributed by atoms with E-state index in [2.05, 4.69) is 0 Å². The molecule has 0 spiro atoms. The van der Waals surface area contributed by atoms with Gasteiger partial charge in [0, 0.05) is 13.1 Å². The number of amides is 2. The van der Waals surface area contributed by atoms with Crippen molar-refractivity contribution in [2.75, 3.05) is 20.2 Å². The fourth-order valence-corrected chi connectivity index (χ4v) is 4.17. The fraction of sp³-hybridized carbons (Fsp3) is 0.333. The zero-order chi connectivity index (χ0) is 20.3. The van der Waals surface area contributed by atoms with Crippen molar-refractivity contribution in [3.63, 3.8) is 0 Å². The molecule has 2 aromatic carbocycles. The van der Waals surface area contributed by atoms with Gasteiger partial charge in [-0.25, -0.2) is 13.6 Å². The van der Waals surface area contributed by atoms with E-state index in [1.807, 2.05) is 0 Å². The highest BCUT2D eigenvalue weighted by Crippen LogP contribution is 2.44. The summed E-state index contributed by atoms with van der Waals surface area (Å²) in [5, 5.41) is 0. The molecule has 148 valence electrons. The van der Waals surface area contributed by atoms with Crippen molar-refractivity contribution in [2.45, 2.75) is 18.3 Å². The number of likely N-dealkylation sites (tertiary alicyclic amines) is 1. The van der Waals surface area contributed by atoms with E-state index in [1.54, 1.807) is 4.90 Å². The molecular weight excluding hydrogens is 366 g/mol. The lowest BCUT2D eigenvalue weighted by Crippen LogP contribution is -2.52. The quantitative estimate of drug-likeness (QED) is 0.874. The highest BCUT2D eigenvalue weighted by atomic mass is 19.1. The summed E-state index contributed by atoms with van der Waals surface area (Å²) in [7, 11) is 1.32. The van der Waals surface area contributed by atoms with Crippen LogP contribution >= 0.6 is 0 Å². The molecule has 28 heavy (non-hydrogen) atoms. The Labute approximate surface area is 162 Å². The second kappa shape index (κ2) is 7.96. The molecule has 0 saturated carbocycles. The predicted molar refractivity (Wildman–Crippen MR) is 99.5 cm³/mol. The molecule has 0 bridgehead atoms. The first kappa shape index (κ1) is 19.8. The molecule has 1 aliphatic heterocycles. The Morgan fingerprint density at radius 3 is 1.75 bits per heavy atom. The van der Waals surface area contributed by atoms with Crippen LogP contribution in [0.5, 0.6) is 0 Å². The molecule has 0 radical (unpaired) electrons. The first-order valence-electron chi connectivity index (χ1n) is 9.04. The van der Waals surface area contributed by atoms with Gasteiger partial charge in [0.25, 0.3) is 0 Å². The maximum absolute atomic E-state index is 13.5. The number of primary amides is 1. The summed E-state index contributed by atoms with van der Waals surface area (Å²) in [5.74, 6) is -1.70. The van der Waals surface area contributed by atoms with Crippen molar-refractivity contribution >= 4 is 12.0 Å². The Morgan fingerprint density at radius 1 is 0.964 bits per heavy atom. The van der Waals surface area contributed by atoms with Crippen molar-refractivity contribution < 1.29 is 23.1 Å². The number of halogens is 2. The van der Waals surface area contributed by atoms with Crippen LogP contribution in [0.2, 0.25) is 0 Å². The van der Waals surface area contributed by atoms with Crippen LogP contribution in [0.25, 0.3) is 0 Å². The number of carbonyl (C=O) groups is 2. The van der Waals surface area contributed by atoms with E-state index in [0.717, 1.165) is 0 Å². The molecule has 0 unspecified atom stereocenters. The highest BCUT2D eigenvalue weighted by Gasteiger charge is 2.48. The van der Waals surface area contributed by atoms with Crippen LogP contribution in [-0.4, -0.2) is 37.1 Å². The van der Waals surface area contributed by atoms with Crippen LogP contribution in [0.3, 0.4) is 0 Å². The lowest BCUT2D eigenvalue weighted by molar-refractivity contribution is -0.124. The third-order valence-electron chi connectivity index (χ3n) is 5.53. The average Bonchev–Trinajstić information content (AvgIpc) is 2.71. The maximum atomic E-state index is 13.5. The second-order valence-corrected chi connectivity index (χ2v) is 6.92. The van der Waals surface area contributed by atoms with Crippen molar-refractivity contribution in [1.29, 1.82) is 0 Å². The zero-order valence-electron chi connectivity index (χ0n) is 15.5. The summed E-state index contributed by atoms with van der Waals surface area (Å²) in [4.78, 5) is 26.3. The van der Waals surface area contributed by atoms with E-state index in [1.165, 1.54) is 55.6 Å². The van der Waals surface area contributed by atoms with Gasteiger partial charge in [-0.15, -0.1) is 0 Å². The number of rotatable bonds is 4. The number of nitrogens with two attached hydrogens (primary N) is 1. The summed E-state index contributed by atoms with van der Waals surface area (Å²) >= 11 is 0. The molecule has 5 nitrogen and oxygen atoms in total. The third-order valence-corrected chi connectivity index (χ3v) is 5.53. The number of nitrogens with zero attached hydrogens (tertiary/aromatic N) is 1. The van der Waals surface area contributed by atoms with E-state index in [0.29, 0.717) is 37.1 Å². The van der Waals surface area contributed by atoms with Crippen LogP contribution in [0.15, 0.2) is 48.5 Å². The molecule has 1 saturated heterocycles. The van der Waals surface area contributed by atoms with E-state index in [9.17, 15) is 18.4 Å². The van der Waals surface area contributed by atoms with Crippen molar-refractivity contribution in [3.8, 4) is 0 Å². The van der Waals surface area contributed by atoms with Gasteiger partial charge in [0.15, 0.2) is 0 Å². The molecule has 0 atom stereocenters. The van der Waals surface area contributed by atoms with E-state index in [-0.39, 0.29) is 5.92 Å². The Hall–Kier alpha value is -2.96. The molecule has 1 aliphatic rings. The Bertz CT molecular complexity index is 799. The molecule has 1 fully saturated rings. The van der Waals surface area contributed by atoms with Crippen LogP contribution in [0.4, 0.5) is 13.6 Å². The van der Waals surface area contributed by atoms with Gasteiger partial charge in [-0.2, -0.15) is 0 Å². The molecule has 2 amide bonds. The number of benzene rings is 2.